The molecule has 120 valence electrons. The highest BCUT2D eigenvalue weighted by Gasteiger charge is 2.16. The molecule has 6 nitrogen and oxygen atoms in total. The lowest BCUT2D eigenvalue weighted by molar-refractivity contribution is 0.601. The number of rotatable bonds is 4. The fraction of sp³-hybridized carbons (Fsp3) is 0.125. The van der Waals surface area contributed by atoms with Crippen molar-refractivity contribution in [3.05, 3.63) is 60.2 Å². The summed E-state index contributed by atoms with van der Waals surface area (Å²) in [6.07, 6.45) is 0. The van der Waals surface area contributed by atoms with Crippen LogP contribution < -0.4 is 4.72 Å². The van der Waals surface area contributed by atoms with Crippen LogP contribution in [0.25, 0.3) is 11.4 Å². The van der Waals surface area contributed by atoms with E-state index in [9.17, 15) is 8.42 Å². The molecular formula is C16H18N4O2S. The van der Waals surface area contributed by atoms with E-state index in [4.69, 9.17) is 0 Å². The van der Waals surface area contributed by atoms with Crippen molar-refractivity contribution >= 4 is 16.0 Å². The lowest BCUT2D eigenvalue weighted by Gasteiger charge is -2.04. The van der Waals surface area contributed by atoms with Crippen LogP contribution in [0.5, 0.6) is 0 Å². The second-order valence-corrected chi connectivity index (χ2v) is 6.47. The van der Waals surface area contributed by atoms with Gasteiger partial charge in [0, 0.05) is 5.56 Å². The molecular weight excluding hydrogens is 312 g/mol. The van der Waals surface area contributed by atoms with Gasteiger partial charge in [0.05, 0.1) is 4.90 Å². The van der Waals surface area contributed by atoms with E-state index in [0.717, 1.165) is 11.1 Å². The molecule has 0 bridgehead atoms. The van der Waals surface area contributed by atoms with Gasteiger partial charge in [0.15, 0.2) is 5.82 Å². The Balaban J connectivity index is 0.00000192. The molecule has 0 aliphatic carbocycles. The molecule has 0 spiro atoms. The fourth-order valence-electron chi connectivity index (χ4n) is 1.93. The van der Waals surface area contributed by atoms with Gasteiger partial charge in [-0.1, -0.05) is 55.5 Å². The summed E-state index contributed by atoms with van der Waals surface area (Å²) in [5, 5.41) is 6.61. The Morgan fingerprint density at radius 2 is 1.65 bits per heavy atom. The van der Waals surface area contributed by atoms with Crippen molar-refractivity contribution < 1.29 is 8.42 Å². The second kappa shape index (κ2) is 6.62. The van der Waals surface area contributed by atoms with Crippen molar-refractivity contribution in [3.8, 4) is 11.4 Å². The first kappa shape index (κ1) is 16.7. The molecule has 0 fully saturated rings. The number of anilines is 1. The lowest BCUT2D eigenvalue weighted by Crippen LogP contribution is -2.13. The van der Waals surface area contributed by atoms with Gasteiger partial charge in [0.1, 0.15) is 0 Å². The van der Waals surface area contributed by atoms with Crippen molar-refractivity contribution in [1.29, 1.82) is 0 Å². The van der Waals surface area contributed by atoms with Crippen LogP contribution >= 0.6 is 0 Å². The third-order valence-electron chi connectivity index (χ3n) is 3.09. The predicted octanol–water partition coefficient (Wildman–Crippen LogP) is 3.22. The molecule has 2 N–H and O–H groups in total. The van der Waals surface area contributed by atoms with Crippen molar-refractivity contribution in [2.45, 2.75) is 19.2 Å². The van der Waals surface area contributed by atoms with Gasteiger partial charge in [-0.3, -0.25) is 5.10 Å². The van der Waals surface area contributed by atoms with Gasteiger partial charge in [0.2, 0.25) is 0 Å². The molecule has 0 atom stereocenters. The maximum Gasteiger partial charge on any atom is 0.264 e. The Morgan fingerprint density at radius 1 is 1.00 bits per heavy atom. The van der Waals surface area contributed by atoms with E-state index in [1.54, 1.807) is 24.3 Å². The monoisotopic (exact) mass is 330 g/mol. The first-order valence-corrected chi connectivity index (χ1v) is 8.10. The minimum atomic E-state index is -3.69. The van der Waals surface area contributed by atoms with Gasteiger partial charge < -0.3 is 0 Å². The second-order valence-electron chi connectivity index (χ2n) is 4.79. The molecule has 23 heavy (non-hydrogen) atoms. The summed E-state index contributed by atoms with van der Waals surface area (Å²) < 4.78 is 26.9. The van der Waals surface area contributed by atoms with Crippen LogP contribution in [0.2, 0.25) is 0 Å². The van der Waals surface area contributed by atoms with Gasteiger partial charge in [-0.15, -0.1) is 5.10 Å². The number of benzene rings is 2. The van der Waals surface area contributed by atoms with Gasteiger partial charge in [0.25, 0.3) is 16.0 Å². The van der Waals surface area contributed by atoms with Crippen molar-refractivity contribution in [1.82, 2.24) is 15.2 Å². The summed E-state index contributed by atoms with van der Waals surface area (Å²) in [5.41, 5.74) is 1.82. The third kappa shape index (κ3) is 3.75. The molecule has 0 saturated carbocycles. The molecule has 0 saturated heterocycles. The molecule has 0 aliphatic rings. The minimum Gasteiger partial charge on any atom is -0.257 e. The molecule has 0 unspecified atom stereocenters. The summed E-state index contributed by atoms with van der Waals surface area (Å²) in [7, 11) is -3.69. The van der Waals surface area contributed by atoms with E-state index in [2.05, 4.69) is 19.9 Å². The molecule has 1 aromatic heterocycles. The van der Waals surface area contributed by atoms with Gasteiger partial charge in [-0.05, 0) is 19.1 Å². The minimum absolute atomic E-state index is 0. The summed E-state index contributed by atoms with van der Waals surface area (Å²) in [5.74, 6) is 0.515. The number of aromatic nitrogens is 3. The Morgan fingerprint density at radius 3 is 2.30 bits per heavy atom. The summed E-state index contributed by atoms with van der Waals surface area (Å²) in [6, 6.07) is 15.9. The maximum absolute atomic E-state index is 12.3. The van der Waals surface area contributed by atoms with Crippen LogP contribution in [0.15, 0.2) is 59.5 Å². The average molecular weight is 330 g/mol. The number of nitrogens with one attached hydrogen (secondary N) is 2. The van der Waals surface area contributed by atoms with Gasteiger partial charge in [-0.25, -0.2) is 13.1 Å². The summed E-state index contributed by atoms with van der Waals surface area (Å²) in [6.45, 7) is 1.89. The van der Waals surface area contributed by atoms with Crippen molar-refractivity contribution in [3.63, 3.8) is 0 Å². The quantitative estimate of drug-likeness (QED) is 0.769. The SMILES string of the molecule is C.Cc1ccc(S(=O)(=O)Nc2n[nH]c(-c3ccccc3)n2)cc1. The summed E-state index contributed by atoms with van der Waals surface area (Å²) >= 11 is 0. The Bertz CT molecular complexity index is 872. The highest BCUT2D eigenvalue weighted by molar-refractivity contribution is 7.92. The number of aromatic amines is 1. The van der Waals surface area contributed by atoms with Crippen LogP contribution in [0.4, 0.5) is 5.95 Å². The molecule has 7 heteroatoms. The fourth-order valence-corrected chi connectivity index (χ4v) is 2.87. The lowest BCUT2D eigenvalue weighted by atomic mass is 10.2. The van der Waals surface area contributed by atoms with Crippen LogP contribution in [0.3, 0.4) is 0 Å². The summed E-state index contributed by atoms with van der Waals surface area (Å²) in [4.78, 5) is 4.32. The van der Waals surface area contributed by atoms with Crippen LogP contribution in [0.1, 0.15) is 13.0 Å². The Labute approximate surface area is 135 Å². The van der Waals surface area contributed by atoms with E-state index in [0.29, 0.717) is 5.82 Å². The van der Waals surface area contributed by atoms with E-state index in [1.807, 2.05) is 37.3 Å². The normalized spacial score (nSPS) is 10.8. The molecule has 1 heterocycles. The zero-order chi connectivity index (χ0) is 15.6. The number of hydrogen-bond donors (Lipinski definition) is 2. The highest BCUT2D eigenvalue weighted by Crippen LogP contribution is 2.17. The molecule has 0 amide bonds. The van der Waals surface area contributed by atoms with Crippen LogP contribution in [-0.2, 0) is 10.0 Å². The number of aryl methyl sites for hydroxylation is 1. The highest BCUT2D eigenvalue weighted by atomic mass is 32.2. The molecule has 2 aromatic carbocycles. The van der Waals surface area contributed by atoms with Crippen LogP contribution in [-0.4, -0.2) is 23.6 Å². The first-order chi connectivity index (χ1) is 10.5. The Kier molecular flexibility index (Phi) is 4.80. The molecule has 0 radical (unpaired) electrons. The maximum atomic E-state index is 12.3. The van der Waals surface area contributed by atoms with E-state index >= 15 is 0 Å². The van der Waals surface area contributed by atoms with E-state index in [-0.39, 0.29) is 18.3 Å². The topological polar surface area (TPSA) is 87.7 Å². The van der Waals surface area contributed by atoms with E-state index in [1.165, 1.54) is 0 Å². The largest absolute Gasteiger partial charge is 0.264 e. The Hall–Kier alpha value is -2.67. The smallest absolute Gasteiger partial charge is 0.257 e. The van der Waals surface area contributed by atoms with Crippen molar-refractivity contribution in [2.24, 2.45) is 0 Å². The number of nitrogens with zero attached hydrogens (tertiary/aromatic N) is 2. The zero-order valence-electron chi connectivity index (χ0n) is 11.8. The molecule has 0 aliphatic heterocycles. The number of H-pyrrole nitrogens is 1. The number of sulfonamides is 1. The van der Waals surface area contributed by atoms with Gasteiger partial charge in [-0.2, -0.15) is 4.98 Å². The zero-order valence-corrected chi connectivity index (χ0v) is 12.6. The van der Waals surface area contributed by atoms with Crippen molar-refractivity contribution in [2.75, 3.05) is 4.72 Å². The number of hydrogen-bond acceptors (Lipinski definition) is 4. The standard InChI is InChI=1S/C15H14N4O2S.CH4/c1-11-7-9-13(10-8-11)22(20,21)19-15-16-14(17-18-15)12-5-3-2-4-6-12;/h2-10H,1H3,(H2,16,17,18,19);1H4. The van der Waals surface area contributed by atoms with Gasteiger partial charge >= 0.3 is 0 Å². The van der Waals surface area contributed by atoms with Crippen LogP contribution in [0, 0.1) is 6.92 Å². The first-order valence-electron chi connectivity index (χ1n) is 6.62. The average Bonchev–Trinajstić information content (AvgIpc) is 2.96. The molecule has 3 aromatic rings. The third-order valence-corrected chi connectivity index (χ3v) is 4.43. The van der Waals surface area contributed by atoms with E-state index < -0.39 is 10.0 Å². The predicted molar refractivity (Wildman–Crippen MR) is 90.5 cm³/mol. The molecule has 3 rings (SSSR count).